The Bertz CT molecular complexity index is 1810. The van der Waals surface area contributed by atoms with Gasteiger partial charge >= 0.3 is 0 Å². The lowest BCUT2D eigenvalue weighted by Crippen LogP contribution is -2.39. The second-order valence-electron chi connectivity index (χ2n) is 21.2. The molecule has 8 rings (SSSR count). The average molecular weight is 767 g/mol. The minimum Gasteiger partial charge on any atom is -0.103 e. The number of rotatable bonds is 13. The predicted molar refractivity (Wildman–Crippen MR) is 249 cm³/mol. The fraction of sp³-hybridized carbons (Fsp3) is 0.649. The molecular weight excluding hydrogens is 685 g/mol. The van der Waals surface area contributed by atoms with Crippen molar-refractivity contribution in [3.63, 3.8) is 0 Å². The molecule has 0 aliphatic heterocycles. The highest BCUT2D eigenvalue weighted by molar-refractivity contribution is 5.77. The van der Waals surface area contributed by atoms with Crippen LogP contribution in [0.15, 0.2) is 72.4 Å². The molecule has 0 heterocycles. The van der Waals surface area contributed by atoms with Crippen LogP contribution in [-0.4, -0.2) is 0 Å². The number of unbranched alkanes of at least 4 members (excludes halogenated alkanes) is 4. The second kappa shape index (κ2) is 18.3. The topological polar surface area (TPSA) is 0 Å². The smallest absolute Gasteiger partial charge is 0.0119 e. The zero-order chi connectivity index (χ0) is 40.3. The van der Waals surface area contributed by atoms with Crippen molar-refractivity contribution in [2.24, 2.45) is 52.3 Å². The van der Waals surface area contributed by atoms with Gasteiger partial charge in [0.1, 0.15) is 0 Å². The minimum absolute atomic E-state index is 0.522. The van der Waals surface area contributed by atoms with Gasteiger partial charge in [-0.25, -0.2) is 0 Å². The van der Waals surface area contributed by atoms with Crippen LogP contribution in [0.2, 0.25) is 0 Å². The maximum Gasteiger partial charge on any atom is -0.0119 e. The second-order valence-corrected chi connectivity index (χ2v) is 21.2. The Morgan fingerprint density at radius 2 is 1.19 bits per heavy atom. The molecule has 0 saturated heterocycles. The standard InChI is InChI=1S/C34H52.C23H30/c1-6-14-25(2)15-12-10-8-7-9-11-13-16-29-24-34(5)27(4)18-22-32(34)31-21-19-28-23-26(3)17-20-30(28)33(29)31;1-5-6-18-14-23(4)16(3)8-12-21(23)20-11-9-17-13-15(2)7-10-19(17)22(18)20/h11,13,17,20,23,25,27,31-32H,6-10,12,14-16,18-19,21-22,24H2,1-5H3;5,7,10,13,16,20-21H,1,6,8-9,11-12,14H2,2-4H3/t25?,27-,31?,32?,34+;16-,20?,21?,23+/m00/s1. The maximum absolute atomic E-state index is 4.06. The molecule has 0 N–H and O–H groups in total. The van der Waals surface area contributed by atoms with Crippen molar-refractivity contribution in [3.8, 4) is 0 Å². The van der Waals surface area contributed by atoms with Crippen LogP contribution in [0.5, 0.6) is 0 Å². The molecule has 0 aromatic heterocycles. The summed E-state index contributed by atoms with van der Waals surface area (Å²) < 4.78 is 0. The molecule has 57 heavy (non-hydrogen) atoms. The summed E-state index contributed by atoms with van der Waals surface area (Å²) in [5.41, 5.74) is 17.3. The molecule has 2 aromatic carbocycles. The van der Waals surface area contributed by atoms with E-state index in [1.165, 1.54) is 133 Å². The Morgan fingerprint density at radius 1 is 0.667 bits per heavy atom. The van der Waals surface area contributed by atoms with Crippen molar-refractivity contribution in [1.29, 1.82) is 0 Å². The minimum atomic E-state index is 0.522. The van der Waals surface area contributed by atoms with Crippen LogP contribution in [-0.2, 0) is 12.8 Å². The van der Waals surface area contributed by atoms with Gasteiger partial charge in [-0.15, -0.1) is 6.58 Å². The van der Waals surface area contributed by atoms with Crippen LogP contribution < -0.4 is 0 Å². The monoisotopic (exact) mass is 767 g/mol. The van der Waals surface area contributed by atoms with Gasteiger partial charge in [-0.1, -0.05) is 157 Å². The first-order valence-corrected chi connectivity index (χ1v) is 24.4. The molecule has 2 aromatic rings. The molecule has 0 spiro atoms. The number of benzene rings is 2. The first-order valence-electron chi connectivity index (χ1n) is 24.4. The summed E-state index contributed by atoms with van der Waals surface area (Å²) in [7, 11) is 0. The molecule has 0 heteroatoms. The van der Waals surface area contributed by atoms with Crippen molar-refractivity contribution < 1.29 is 0 Å². The van der Waals surface area contributed by atoms with Gasteiger partial charge in [-0.2, -0.15) is 0 Å². The van der Waals surface area contributed by atoms with E-state index in [0.29, 0.717) is 10.8 Å². The highest BCUT2D eigenvalue weighted by Gasteiger charge is 2.53. The summed E-state index contributed by atoms with van der Waals surface area (Å²) >= 11 is 0. The van der Waals surface area contributed by atoms with E-state index in [1.807, 2.05) is 0 Å². The number of fused-ring (bicyclic) bond motifs is 10. The van der Waals surface area contributed by atoms with Crippen molar-refractivity contribution in [2.75, 3.05) is 0 Å². The molecule has 0 amide bonds. The van der Waals surface area contributed by atoms with Crippen LogP contribution in [0, 0.1) is 66.1 Å². The van der Waals surface area contributed by atoms with E-state index in [0.717, 1.165) is 47.8 Å². The highest BCUT2D eigenvalue weighted by Crippen LogP contribution is 2.64. The van der Waals surface area contributed by atoms with Gasteiger partial charge in [0.15, 0.2) is 0 Å². The molecular formula is C57H82. The molecule has 0 bridgehead atoms. The Labute approximate surface area is 351 Å². The third kappa shape index (κ3) is 8.69. The number of aryl methyl sites for hydroxylation is 4. The van der Waals surface area contributed by atoms with E-state index in [9.17, 15) is 0 Å². The molecule has 2 fully saturated rings. The third-order valence-corrected chi connectivity index (χ3v) is 17.5. The summed E-state index contributed by atoms with van der Waals surface area (Å²) in [4.78, 5) is 0. The normalized spacial score (nSPS) is 31.8. The van der Waals surface area contributed by atoms with E-state index in [4.69, 9.17) is 0 Å². The van der Waals surface area contributed by atoms with Crippen LogP contribution in [0.4, 0.5) is 0 Å². The van der Waals surface area contributed by atoms with E-state index < -0.39 is 0 Å². The first kappa shape index (κ1) is 42.5. The lowest BCUT2D eigenvalue weighted by molar-refractivity contribution is 0.119. The summed E-state index contributed by atoms with van der Waals surface area (Å²) in [5, 5.41) is 0. The van der Waals surface area contributed by atoms with Crippen LogP contribution >= 0.6 is 0 Å². The molecule has 6 aliphatic carbocycles. The number of hydrogen-bond acceptors (Lipinski definition) is 0. The maximum atomic E-state index is 4.06. The van der Waals surface area contributed by atoms with Gasteiger partial charge in [0, 0.05) is 0 Å². The molecule has 9 atom stereocenters. The van der Waals surface area contributed by atoms with E-state index in [-0.39, 0.29) is 0 Å². The number of allylic oxidation sites excluding steroid dienone is 7. The van der Waals surface area contributed by atoms with Crippen molar-refractivity contribution in [2.45, 2.75) is 184 Å². The zero-order valence-electron chi connectivity index (χ0n) is 38.1. The lowest BCUT2D eigenvalue weighted by atomic mass is 9.56. The van der Waals surface area contributed by atoms with Crippen LogP contribution in [0.1, 0.15) is 190 Å². The summed E-state index contributed by atoms with van der Waals surface area (Å²) in [6.45, 7) is 23.5. The zero-order valence-corrected chi connectivity index (χ0v) is 38.1. The van der Waals surface area contributed by atoms with Gasteiger partial charge in [0.25, 0.3) is 0 Å². The third-order valence-electron chi connectivity index (χ3n) is 17.5. The Kier molecular flexibility index (Phi) is 13.7. The SMILES string of the molecule is C=CCC1=C2c3ccc(C)cc3CCC2C2CC[C@H](C)[C@@]2(C)C1.CCCC(C)CCCCCCC=CCC1=C2c3ccc(C)cc3CCC2C2CC[C@H](C)[C@@]2(C)C1. The lowest BCUT2D eigenvalue weighted by Gasteiger charge is -2.48. The Balaban J connectivity index is 0.000000187. The van der Waals surface area contributed by atoms with Gasteiger partial charge in [-0.3, -0.25) is 0 Å². The summed E-state index contributed by atoms with van der Waals surface area (Å²) in [6.07, 6.45) is 34.2. The van der Waals surface area contributed by atoms with Gasteiger partial charge in [-0.05, 0) is 189 Å². The van der Waals surface area contributed by atoms with E-state index in [1.54, 1.807) is 44.5 Å². The van der Waals surface area contributed by atoms with Gasteiger partial charge in [0.2, 0.25) is 0 Å². The number of hydrogen-bond donors (Lipinski definition) is 0. The average Bonchev–Trinajstić information content (AvgIpc) is 3.66. The fourth-order valence-corrected chi connectivity index (χ4v) is 14.0. The molecule has 0 nitrogen and oxygen atoms in total. The Hall–Kier alpha value is -2.60. The van der Waals surface area contributed by atoms with Crippen LogP contribution in [0.25, 0.3) is 11.1 Å². The fourth-order valence-electron chi connectivity index (χ4n) is 14.0. The summed E-state index contributed by atoms with van der Waals surface area (Å²) in [6, 6.07) is 14.4. The van der Waals surface area contributed by atoms with E-state index in [2.05, 4.69) is 117 Å². The van der Waals surface area contributed by atoms with Crippen molar-refractivity contribution in [3.05, 3.63) is 106 Å². The Morgan fingerprint density at radius 3 is 1.72 bits per heavy atom. The van der Waals surface area contributed by atoms with E-state index >= 15 is 0 Å². The molecule has 5 unspecified atom stereocenters. The first-order chi connectivity index (χ1) is 27.5. The highest BCUT2D eigenvalue weighted by atomic mass is 14.6. The summed E-state index contributed by atoms with van der Waals surface area (Å²) in [5.74, 6) is 6.07. The van der Waals surface area contributed by atoms with Crippen LogP contribution in [0.3, 0.4) is 0 Å². The predicted octanol–water partition coefficient (Wildman–Crippen LogP) is 16.8. The van der Waals surface area contributed by atoms with Gasteiger partial charge in [0.05, 0.1) is 0 Å². The van der Waals surface area contributed by atoms with Gasteiger partial charge < -0.3 is 0 Å². The quantitative estimate of drug-likeness (QED) is 0.141. The molecule has 6 aliphatic rings. The largest absolute Gasteiger partial charge is 0.103 e. The molecule has 310 valence electrons. The van der Waals surface area contributed by atoms with Crippen molar-refractivity contribution in [1.82, 2.24) is 0 Å². The van der Waals surface area contributed by atoms with Crippen molar-refractivity contribution >= 4 is 11.1 Å². The molecule has 0 radical (unpaired) electrons. The molecule has 2 saturated carbocycles.